The molecule has 0 radical (unpaired) electrons. The van der Waals surface area contributed by atoms with E-state index in [0.29, 0.717) is 11.6 Å². The van der Waals surface area contributed by atoms with E-state index in [9.17, 15) is 0 Å². The third-order valence-electron chi connectivity index (χ3n) is 6.50. The third-order valence-corrected chi connectivity index (χ3v) is 6.50. The maximum atomic E-state index is 4.54. The largest absolute Gasteiger partial charge is 0.382 e. The molecule has 1 aromatic heterocycles. The van der Waals surface area contributed by atoms with E-state index in [1.54, 1.807) is 0 Å². The van der Waals surface area contributed by atoms with Crippen LogP contribution in [-0.4, -0.2) is 32.8 Å². The van der Waals surface area contributed by atoms with Gasteiger partial charge < -0.3 is 5.32 Å². The molecule has 1 aliphatic heterocycles. The van der Waals surface area contributed by atoms with Crippen molar-refractivity contribution in [1.29, 1.82) is 0 Å². The molecule has 5 rings (SSSR count). The highest BCUT2D eigenvalue weighted by Gasteiger charge is 2.51. The summed E-state index contributed by atoms with van der Waals surface area (Å²) in [6.45, 7) is 4.35. The molecule has 1 atom stereocenters. The van der Waals surface area contributed by atoms with Gasteiger partial charge in [-0.1, -0.05) is 30.3 Å². The van der Waals surface area contributed by atoms with Crippen LogP contribution < -0.4 is 5.32 Å². The highest BCUT2D eigenvalue weighted by atomic mass is 15.3. The van der Waals surface area contributed by atoms with Crippen LogP contribution in [0, 0.1) is 6.92 Å². The number of aryl methyl sites for hydroxylation is 2. The molecule has 27 heavy (non-hydrogen) atoms. The third kappa shape index (κ3) is 3.12. The van der Waals surface area contributed by atoms with E-state index < -0.39 is 0 Å². The molecule has 0 bridgehead atoms. The molecule has 2 fully saturated rings. The number of fused-ring (bicyclic) bond motifs is 1. The SMILES string of the molecule is Cc1nn(C)c2cc(NC3CCN(Cc4ccccc4)C4(CC4)C3)ccc12. The zero-order valence-corrected chi connectivity index (χ0v) is 16.3. The first kappa shape index (κ1) is 16.8. The smallest absolute Gasteiger partial charge is 0.0702 e. The van der Waals surface area contributed by atoms with E-state index >= 15 is 0 Å². The molecule has 3 aromatic rings. The fraction of sp³-hybridized carbons (Fsp3) is 0.435. The van der Waals surface area contributed by atoms with Crippen molar-refractivity contribution in [1.82, 2.24) is 14.7 Å². The predicted molar refractivity (Wildman–Crippen MR) is 111 cm³/mol. The van der Waals surface area contributed by atoms with Crippen LogP contribution in [0.1, 0.15) is 36.9 Å². The first-order valence-electron chi connectivity index (χ1n) is 10.1. The number of rotatable bonds is 4. The summed E-state index contributed by atoms with van der Waals surface area (Å²) < 4.78 is 1.99. The second kappa shape index (κ2) is 6.38. The Hall–Kier alpha value is -2.33. The molecule has 1 saturated carbocycles. The van der Waals surface area contributed by atoms with Crippen molar-refractivity contribution < 1.29 is 0 Å². The van der Waals surface area contributed by atoms with Crippen LogP contribution in [0.4, 0.5) is 5.69 Å². The minimum absolute atomic E-state index is 0.430. The molecule has 0 amide bonds. The molecule has 140 valence electrons. The lowest BCUT2D eigenvalue weighted by Gasteiger charge is -2.41. The molecule has 1 spiro atoms. The fourth-order valence-corrected chi connectivity index (χ4v) is 4.84. The van der Waals surface area contributed by atoms with Gasteiger partial charge in [-0.25, -0.2) is 0 Å². The monoisotopic (exact) mass is 360 g/mol. The summed E-state index contributed by atoms with van der Waals surface area (Å²) in [5.41, 5.74) is 5.40. The van der Waals surface area contributed by atoms with Crippen LogP contribution in [0.25, 0.3) is 10.9 Å². The van der Waals surface area contributed by atoms with Crippen molar-refractivity contribution in [2.75, 3.05) is 11.9 Å². The number of benzene rings is 2. The molecule has 4 nitrogen and oxygen atoms in total. The van der Waals surface area contributed by atoms with Crippen LogP contribution in [0.3, 0.4) is 0 Å². The lowest BCUT2D eigenvalue weighted by molar-refractivity contribution is 0.113. The molecule has 4 heteroatoms. The van der Waals surface area contributed by atoms with E-state index in [0.717, 1.165) is 12.2 Å². The number of nitrogens with zero attached hydrogens (tertiary/aromatic N) is 3. The fourth-order valence-electron chi connectivity index (χ4n) is 4.84. The number of likely N-dealkylation sites (tertiary alicyclic amines) is 1. The standard InChI is InChI=1S/C23H28N4/c1-17-21-9-8-19(14-22(21)26(2)25-17)24-20-10-13-27(23(15-20)11-12-23)16-18-6-4-3-5-7-18/h3-9,14,20,24H,10-13,15-16H2,1-2H3. The summed E-state index contributed by atoms with van der Waals surface area (Å²) in [7, 11) is 2.03. The average Bonchev–Trinajstić information content (AvgIpc) is 3.38. The Kier molecular flexibility index (Phi) is 3.97. The Bertz CT molecular complexity index is 955. The Labute approximate surface area is 161 Å². The molecule has 2 aromatic carbocycles. The Balaban J connectivity index is 1.29. The van der Waals surface area contributed by atoms with Crippen molar-refractivity contribution in [2.24, 2.45) is 7.05 Å². The van der Waals surface area contributed by atoms with Crippen molar-refractivity contribution >= 4 is 16.6 Å². The van der Waals surface area contributed by atoms with Crippen LogP contribution in [0.5, 0.6) is 0 Å². The van der Waals surface area contributed by atoms with Gasteiger partial charge in [0.25, 0.3) is 0 Å². The molecule has 1 N–H and O–H groups in total. The number of anilines is 1. The van der Waals surface area contributed by atoms with E-state index in [1.807, 2.05) is 11.7 Å². The highest BCUT2D eigenvalue weighted by Crippen LogP contribution is 2.49. The normalized spacial score (nSPS) is 21.6. The number of aromatic nitrogens is 2. The lowest BCUT2D eigenvalue weighted by atomic mass is 9.94. The van der Waals surface area contributed by atoms with E-state index in [2.05, 4.69) is 70.8 Å². The van der Waals surface area contributed by atoms with Gasteiger partial charge in [-0.05, 0) is 56.4 Å². The quantitative estimate of drug-likeness (QED) is 0.744. The van der Waals surface area contributed by atoms with Gasteiger partial charge in [0.1, 0.15) is 0 Å². The van der Waals surface area contributed by atoms with Crippen molar-refractivity contribution in [3.05, 3.63) is 59.8 Å². The number of hydrogen-bond acceptors (Lipinski definition) is 3. The van der Waals surface area contributed by atoms with Crippen LogP contribution in [0.15, 0.2) is 48.5 Å². The van der Waals surface area contributed by atoms with E-state index in [-0.39, 0.29) is 0 Å². The Morgan fingerprint density at radius 1 is 1.15 bits per heavy atom. The number of piperidine rings is 1. The lowest BCUT2D eigenvalue weighted by Crippen LogP contribution is -2.47. The van der Waals surface area contributed by atoms with Gasteiger partial charge in [0.2, 0.25) is 0 Å². The average molecular weight is 361 g/mol. The first-order valence-corrected chi connectivity index (χ1v) is 10.1. The van der Waals surface area contributed by atoms with E-state index in [1.165, 1.54) is 54.4 Å². The minimum Gasteiger partial charge on any atom is -0.382 e. The highest BCUT2D eigenvalue weighted by molar-refractivity contribution is 5.85. The zero-order chi connectivity index (χ0) is 18.4. The molecule has 1 aliphatic carbocycles. The summed E-state index contributed by atoms with van der Waals surface area (Å²) in [5.74, 6) is 0. The number of nitrogens with one attached hydrogen (secondary N) is 1. The second-order valence-electron chi connectivity index (χ2n) is 8.41. The summed E-state index contributed by atoms with van der Waals surface area (Å²) in [6.07, 6.45) is 5.15. The summed E-state index contributed by atoms with van der Waals surface area (Å²) >= 11 is 0. The van der Waals surface area contributed by atoms with Gasteiger partial charge in [-0.3, -0.25) is 9.58 Å². The maximum absolute atomic E-state index is 4.54. The van der Waals surface area contributed by atoms with Crippen LogP contribution in [-0.2, 0) is 13.6 Å². The molecular weight excluding hydrogens is 332 g/mol. The minimum atomic E-state index is 0.430. The zero-order valence-electron chi connectivity index (χ0n) is 16.3. The topological polar surface area (TPSA) is 33.1 Å². The van der Waals surface area contributed by atoms with Crippen molar-refractivity contribution in [3.63, 3.8) is 0 Å². The van der Waals surface area contributed by atoms with Gasteiger partial charge in [0.15, 0.2) is 0 Å². The summed E-state index contributed by atoms with van der Waals surface area (Å²) in [5, 5.41) is 9.61. The Morgan fingerprint density at radius 2 is 1.96 bits per heavy atom. The van der Waals surface area contributed by atoms with Crippen LogP contribution in [0.2, 0.25) is 0 Å². The van der Waals surface area contributed by atoms with E-state index in [4.69, 9.17) is 0 Å². The molecular formula is C23H28N4. The van der Waals surface area contributed by atoms with Gasteiger partial charge in [0.05, 0.1) is 11.2 Å². The second-order valence-corrected chi connectivity index (χ2v) is 8.41. The van der Waals surface area contributed by atoms with Gasteiger partial charge >= 0.3 is 0 Å². The summed E-state index contributed by atoms with van der Waals surface area (Å²) in [4.78, 5) is 2.73. The molecule has 1 unspecified atom stereocenters. The first-order chi connectivity index (χ1) is 13.1. The molecule has 2 aliphatic rings. The molecule has 2 heterocycles. The van der Waals surface area contributed by atoms with Gasteiger partial charge in [0, 0.05) is 42.8 Å². The molecule has 1 saturated heterocycles. The van der Waals surface area contributed by atoms with Gasteiger partial charge in [-0.2, -0.15) is 5.10 Å². The van der Waals surface area contributed by atoms with Crippen molar-refractivity contribution in [2.45, 2.75) is 50.7 Å². The Morgan fingerprint density at radius 3 is 2.74 bits per heavy atom. The van der Waals surface area contributed by atoms with Crippen molar-refractivity contribution in [3.8, 4) is 0 Å². The number of hydrogen-bond donors (Lipinski definition) is 1. The predicted octanol–water partition coefficient (Wildman–Crippen LogP) is 4.49. The maximum Gasteiger partial charge on any atom is 0.0702 e. The van der Waals surface area contributed by atoms with Gasteiger partial charge in [-0.15, -0.1) is 0 Å². The summed E-state index contributed by atoms with van der Waals surface area (Å²) in [6, 6.07) is 18.2. The van der Waals surface area contributed by atoms with Crippen LogP contribution >= 0.6 is 0 Å².